The summed E-state index contributed by atoms with van der Waals surface area (Å²) in [5, 5.41) is 2.12. The first kappa shape index (κ1) is 11.1. The topological polar surface area (TPSA) is 38.5 Å². The Balaban J connectivity index is 2.12. The number of thiophene rings is 1. The van der Waals surface area contributed by atoms with Gasteiger partial charge in [0.1, 0.15) is 0 Å². The van der Waals surface area contributed by atoms with Gasteiger partial charge >= 0.3 is 0 Å². The van der Waals surface area contributed by atoms with Crippen LogP contribution in [0.1, 0.15) is 17.8 Å². The summed E-state index contributed by atoms with van der Waals surface area (Å²) in [4.78, 5) is 3.80. The van der Waals surface area contributed by atoms with Gasteiger partial charge in [0.25, 0.3) is 0 Å². The van der Waals surface area contributed by atoms with Gasteiger partial charge in [0, 0.05) is 24.0 Å². The zero-order valence-electron chi connectivity index (χ0n) is 9.06. The van der Waals surface area contributed by atoms with Gasteiger partial charge < -0.3 is 10.5 Å². The molecular weight excluding hydrogens is 208 g/mol. The molecule has 0 spiro atoms. The molecule has 2 atom stereocenters. The van der Waals surface area contributed by atoms with Gasteiger partial charge in [-0.05, 0) is 18.4 Å². The molecule has 0 radical (unpaired) electrons. The van der Waals surface area contributed by atoms with Gasteiger partial charge in [-0.3, -0.25) is 4.90 Å². The molecule has 0 aromatic carbocycles. The van der Waals surface area contributed by atoms with Crippen molar-refractivity contribution in [2.45, 2.75) is 19.0 Å². The average Bonchev–Trinajstić information content (AvgIpc) is 2.72. The van der Waals surface area contributed by atoms with E-state index in [2.05, 4.69) is 29.3 Å². The van der Waals surface area contributed by atoms with Gasteiger partial charge in [0.2, 0.25) is 0 Å². The van der Waals surface area contributed by atoms with E-state index in [1.165, 1.54) is 4.88 Å². The zero-order chi connectivity index (χ0) is 10.7. The molecule has 2 N–H and O–H groups in total. The van der Waals surface area contributed by atoms with Crippen LogP contribution < -0.4 is 5.73 Å². The minimum absolute atomic E-state index is 0.168. The third kappa shape index (κ3) is 2.58. The second-order valence-electron chi connectivity index (χ2n) is 3.97. The predicted molar refractivity (Wildman–Crippen MR) is 63.1 cm³/mol. The van der Waals surface area contributed by atoms with Crippen LogP contribution in [-0.4, -0.2) is 37.2 Å². The Bertz CT molecular complexity index is 281. The van der Waals surface area contributed by atoms with Gasteiger partial charge in [-0.25, -0.2) is 0 Å². The van der Waals surface area contributed by atoms with E-state index in [1.807, 2.05) is 0 Å². The number of nitrogens with two attached hydrogens (primary N) is 1. The smallest absolute Gasteiger partial charge is 0.0594 e. The van der Waals surface area contributed by atoms with Crippen LogP contribution in [0.5, 0.6) is 0 Å². The van der Waals surface area contributed by atoms with Gasteiger partial charge in [-0.1, -0.05) is 6.07 Å². The third-order valence-corrected chi connectivity index (χ3v) is 3.71. The van der Waals surface area contributed by atoms with Crippen molar-refractivity contribution in [3.05, 3.63) is 22.4 Å². The van der Waals surface area contributed by atoms with Crippen LogP contribution in [0.4, 0.5) is 0 Å². The van der Waals surface area contributed by atoms with E-state index in [1.54, 1.807) is 11.3 Å². The van der Waals surface area contributed by atoms with Gasteiger partial charge in [-0.15, -0.1) is 11.3 Å². The van der Waals surface area contributed by atoms with Crippen LogP contribution in [0.2, 0.25) is 0 Å². The minimum atomic E-state index is 0.168. The summed E-state index contributed by atoms with van der Waals surface area (Å²) in [7, 11) is 0. The molecule has 1 aromatic heterocycles. The second kappa shape index (κ2) is 5.07. The van der Waals surface area contributed by atoms with Gasteiger partial charge in [0.05, 0.1) is 19.3 Å². The fourth-order valence-electron chi connectivity index (χ4n) is 2.09. The van der Waals surface area contributed by atoms with E-state index in [0.717, 1.165) is 26.3 Å². The fraction of sp³-hybridized carbons (Fsp3) is 0.636. The summed E-state index contributed by atoms with van der Waals surface area (Å²) in [6.07, 6.45) is 0. The molecule has 0 bridgehead atoms. The van der Waals surface area contributed by atoms with Crippen molar-refractivity contribution in [2.75, 3.05) is 26.3 Å². The first-order chi connectivity index (χ1) is 7.29. The molecular formula is C11H18N2OS. The van der Waals surface area contributed by atoms with Crippen LogP contribution in [0.3, 0.4) is 0 Å². The van der Waals surface area contributed by atoms with Crippen molar-refractivity contribution in [3.63, 3.8) is 0 Å². The van der Waals surface area contributed by atoms with Gasteiger partial charge in [-0.2, -0.15) is 0 Å². The van der Waals surface area contributed by atoms with Crippen molar-refractivity contribution >= 4 is 11.3 Å². The van der Waals surface area contributed by atoms with Crippen molar-refractivity contribution in [3.8, 4) is 0 Å². The molecule has 2 heterocycles. The molecule has 0 amide bonds. The SMILES string of the molecule is CC(N)C(c1cccs1)N1CCOCC1. The summed E-state index contributed by atoms with van der Waals surface area (Å²) in [5.41, 5.74) is 6.08. The molecule has 2 unspecified atom stereocenters. The maximum Gasteiger partial charge on any atom is 0.0594 e. The Morgan fingerprint density at radius 1 is 1.47 bits per heavy atom. The molecule has 1 saturated heterocycles. The Kier molecular flexibility index (Phi) is 3.75. The molecule has 2 rings (SSSR count). The highest BCUT2D eigenvalue weighted by Crippen LogP contribution is 2.27. The first-order valence-corrected chi connectivity index (χ1v) is 6.28. The van der Waals surface area contributed by atoms with E-state index in [9.17, 15) is 0 Å². The number of nitrogens with zero attached hydrogens (tertiary/aromatic N) is 1. The molecule has 84 valence electrons. The molecule has 4 heteroatoms. The largest absolute Gasteiger partial charge is 0.379 e. The highest BCUT2D eigenvalue weighted by atomic mass is 32.1. The van der Waals surface area contributed by atoms with Crippen LogP contribution in [0.15, 0.2) is 17.5 Å². The molecule has 1 aliphatic heterocycles. The van der Waals surface area contributed by atoms with Crippen LogP contribution in [-0.2, 0) is 4.74 Å². The van der Waals surface area contributed by atoms with Crippen LogP contribution in [0.25, 0.3) is 0 Å². The number of hydrogen-bond donors (Lipinski definition) is 1. The fourth-order valence-corrected chi connectivity index (χ4v) is 3.06. The van der Waals surface area contributed by atoms with Crippen LogP contribution in [0, 0.1) is 0 Å². The highest BCUT2D eigenvalue weighted by molar-refractivity contribution is 7.10. The van der Waals surface area contributed by atoms with E-state index in [0.29, 0.717) is 6.04 Å². The molecule has 0 saturated carbocycles. The van der Waals surface area contributed by atoms with Gasteiger partial charge in [0.15, 0.2) is 0 Å². The summed E-state index contributed by atoms with van der Waals surface area (Å²) in [6, 6.07) is 4.79. The van der Waals surface area contributed by atoms with E-state index in [-0.39, 0.29) is 6.04 Å². The zero-order valence-corrected chi connectivity index (χ0v) is 9.87. The summed E-state index contributed by atoms with van der Waals surface area (Å²) in [5.74, 6) is 0. The van der Waals surface area contributed by atoms with Crippen molar-refractivity contribution < 1.29 is 4.74 Å². The molecule has 0 aliphatic carbocycles. The Labute approximate surface area is 94.8 Å². The summed E-state index contributed by atoms with van der Waals surface area (Å²) in [6.45, 7) is 5.72. The Morgan fingerprint density at radius 2 is 2.20 bits per heavy atom. The van der Waals surface area contributed by atoms with E-state index < -0.39 is 0 Å². The average molecular weight is 226 g/mol. The first-order valence-electron chi connectivity index (χ1n) is 5.40. The molecule has 1 aromatic rings. The second-order valence-corrected chi connectivity index (χ2v) is 4.95. The lowest BCUT2D eigenvalue weighted by atomic mass is 10.1. The quantitative estimate of drug-likeness (QED) is 0.848. The maximum absolute atomic E-state index is 6.08. The Morgan fingerprint density at radius 3 is 2.73 bits per heavy atom. The normalized spacial score (nSPS) is 22.5. The summed E-state index contributed by atoms with van der Waals surface area (Å²) >= 11 is 1.79. The van der Waals surface area contributed by atoms with Crippen molar-refractivity contribution in [1.29, 1.82) is 0 Å². The number of ether oxygens (including phenoxy) is 1. The lowest BCUT2D eigenvalue weighted by molar-refractivity contribution is 0.0124. The lowest BCUT2D eigenvalue weighted by Gasteiger charge is -2.36. The highest BCUT2D eigenvalue weighted by Gasteiger charge is 2.26. The third-order valence-electron chi connectivity index (χ3n) is 2.77. The van der Waals surface area contributed by atoms with E-state index >= 15 is 0 Å². The molecule has 1 aliphatic rings. The Hall–Kier alpha value is -0.420. The molecule has 1 fully saturated rings. The standard InChI is InChI=1S/C11H18N2OS/c1-9(12)11(10-3-2-8-15-10)13-4-6-14-7-5-13/h2-3,8-9,11H,4-7,12H2,1H3. The lowest BCUT2D eigenvalue weighted by Crippen LogP contribution is -2.45. The minimum Gasteiger partial charge on any atom is -0.379 e. The predicted octanol–water partition coefficient (Wildman–Crippen LogP) is 1.47. The van der Waals surface area contributed by atoms with Crippen molar-refractivity contribution in [2.24, 2.45) is 5.73 Å². The number of morpholine rings is 1. The number of rotatable bonds is 3. The maximum atomic E-state index is 6.08. The molecule has 15 heavy (non-hydrogen) atoms. The van der Waals surface area contributed by atoms with Crippen molar-refractivity contribution in [1.82, 2.24) is 4.90 Å². The summed E-state index contributed by atoms with van der Waals surface area (Å²) < 4.78 is 5.37. The van der Waals surface area contributed by atoms with Crippen LogP contribution >= 0.6 is 11.3 Å². The number of hydrogen-bond acceptors (Lipinski definition) is 4. The van der Waals surface area contributed by atoms with E-state index in [4.69, 9.17) is 10.5 Å². The monoisotopic (exact) mass is 226 g/mol. The molecule has 3 nitrogen and oxygen atoms in total.